The second kappa shape index (κ2) is 22.6. The number of ether oxygens (including phenoxy) is 4. The van der Waals surface area contributed by atoms with Crippen LogP contribution in [0.25, 0.3) is 0 Å². The molecule has 0 aromatic carbocycles. The van der Waals surface area contributed by atoms with Crippen LogP contribution in [0.5, 0.6) is 0 Å². The van der Waals surface area contributed by atoms with Crippen molar-refractivity contribution < 1.29 is 42.9 Å². The number of carbonyl (C=O) groups excluding carboxylic acids is 5. The highest BCUT2D eigenvalue weighted by atomic mass is 16.5. The molecule has 0 aromatic rings. The molecule has 13 nitrogen and oxygen atoms in total. The minimum absolute atomic E-state index is 0.116. The first-order chi connectivity index (χ1) is 19.3. The third-order valence-electron chi connectivity index (χ3n) is 5.37. The van der Waals surface area contributed by atoms with Gasteiger partial charge in [0.15, 0.2) is 11.7 Å². The third-order valence-corrected chi connectivity index (χ3v) is 5.37. The molecule has 3 amide bonds. The number of unbranched alkanes of at least 4 members (excludes halogenated alkanes) is 2. The summed E-state index contributed by atoms with van der Waals surface area (Å²) in [5, 5.41) is 10.2. The van der Waals surface area contributed by atoms with E-state index < -0.39 is 29.4 Å². The quantitative estimate of drug-likeness (QED) is 0.0884. The van der Waals surface area contributed by atoms with Gasteiger partial charge in [0.25, 0.3) is 0 Å². The second-order valence-electron chi connectivity index (χ2n) is 10.4. The fourth-order valence-electron chi connectivity index (χ4n) is 3.31. The Labute approximate surface area is 243 Å². The molecule has 4 N–H and O–H groups in total. The maximum atomic E-state index is 12.2. The first-order valence-corrected chi connectivity index (χ1v) is 13.9. The van der Waals surface area contributed by atoms with Crippen molar-refractivity contribution in [2.24, 2.45) is 0 Å². The van der Waals surface area contributed by atoms with E-state index in [9.17, 15) is 24.0 Å². The van der Waals surface area contributed by atoms with E-state index in [4.69, 9.17) is 18.9 Å². The number of carbonyl (C=O) groups is 5. The number of ketones is 2. The molecule has 41 heavy (non-hydrogen) atoms. The molecule has 0 aliphatic heterocycles. The molecule has 0 aromatic heterocycles. The summed E-state index contributed by atoms with van der Waals surface area (Å²) in [6.45, 7) is 12.1. The van der Waals surface area contributed by atoms with Gasteiger partial charge >= 0.3 is 0 Å². The fourth-order valence-corrected chi connectivity index (χ4v) is 3.31. The first kappa shape index (κ1) is 38.0. The van der Waals surface area contributed by atoms with Gasteiger partial charge in [0, 0.05) is 20.0 Å². The van der Waals surface area contributed by atoms with Crippen LogP contribution in [-0.2, 0) is 42.9 Å². The number of Topliss-reactive ketones (excluding diaryl/α,β-unsaturated/α-hetero) is 2. The van der Waals surface area contributed by atoms with E-state index in [0.717, 1.165) is 6.42 Å². The number of rotatable bonds is 25. The van der Waals surface area contributed by atoms with Crippen LogP contribution in [-0.4, -0.2) is 101 Å². The van der Waals surface area contributed by atoms with Crippen LogP contribution < -0.4 is 21.3 Å². The summed E-state index contributed by atoms with van der Waals surface area (Å²) in [7, 11) is 1.60. The van der Waals surface area contributed by atoms with Crippen molar-refractivity contribution >= 4 is 29.3 Å². The Bertz CT molecular complexity index is 828. The van der Waals surface area contributed by atoms with Crippen LogP contribution >= 0.6 is 0 Å². The summed E-state index contributed by atoms with van der Waals surface area (Å²) < 4.78 is 21.0. The van der Waals surface area contributed by atoms with Gasteiger partial charge in [0.1, 0.15) is 11.4 Å². The average Bonchev–Trinajstić information content (AvgIpc) is 2.89. The van der Waals surface area contributed by atoms with Crippen molar-refractivity contribution in [1.29, 1.82) is 0 Å². The molecule has 0 aliphatic carbocycles. The Hall–Kier alpha value is -3.03. The zero-order valence-corrected chi connectivity index (χ0v) is 25.4. The Kier molecular flexibility index (Phi) is 21.0. The molecule has 0 radical (unpaired) electrons. The van der Waals surface area contributed by atoms with Crippen LogP contribution in [0.4, 0.5) is 0 Å². The smallest absolute Gasteiger partial charge is 0.239 e. The maximum Gasteiger partial charge on any atom is 0.239 e. The fraction of sp³-hybridized carbons (Fsp3) is 0.750. The molecule has 13 heteroatoms. The zero-order chi connectivity index (χ0) is 31.1. The Morgan fingerprint density at radius 2 is 1.29 bits per heavy atom. The van der Waals surface area contributed by atoms with E-state index >= 15 is 0 Å². The van der Waals surface area contributed by atoms with Crippen molar-refractivity contribution in [3.05, 3.63) is 12.5 Å². The lowest BCUT2D eigenvalue weighted by molar-refractivity contribution is -0.129. The molecule has 0 bridgehead atoms. The highest BCUT2D eigenvalue weighted by Crippen LogP contribution is 2.10. The topological polar surface area (TPSA) is 170 Å². The molecular formula is C28H50N4O9. The molecule has 0 fully saturated rings. The Balaban J connectivity index is 4.01. The predicted molar refractivity (Wildman–Crippen MR) is 153 cm³/mol. The Morgan fingerprint density at radius 3 is 1.88 bits per heavy atom. The maximum absolute atomic E-state index is 12.2. The van der Waals surface area contributed by atoms with Gasteiger partial charge in [-0.1, -0.05) is 12.8 Å². The molecular weight excluding hydrogens is 536 g/mol. The SMILES string of the molecule is C=C(NCC(=O)NCC(=O)NCC(=O)NC(CCCCCC(=O)CCOCCOCCOC)C(C)=O)OC(C)(C)C. The van der Waals surface area contributed by atoms with E-state index in [1.54, 1.807) is 7.11 Å². The van der Waals surface area contributed by atoms with Gasteiger partial charge in [0.05, 0.1) is 58.7 Å². The third kappa shape index (κ3) is 24.5. The molecule has 0 heterocycles. The van der Waals surface area contributed by atoms with Gasteiger partial charge in [-0.05, 0) is 47.1 Å². The van der Waals surface area contributed by atoms with Crippen LogP contribution in [0, 0.1) is 0 Å². The number of amides is 3. The second-order valence-corrected chi connectivity index (χ2v) is 10.4. The lowest BCUT2D eigenvalue weighted by atomic mass is 10.0. The molecule has 1 atom stereocenters. The monoisotopic (exact) mass is 586 g/mol. The van der Waals surface area contributed by atoms with Gasteiger partial charge in [-0.15, -0.1) is 0 Å². The summed E-state index contributed by atoms with van der Waals surface area (Å²) in [6.07, 6.45) is 3.30. The van der Waals surface area contributed by atoms with E-state index in [-0.39, 0.29) is 37.1 Å². The molecule has 0 saturated heterocycles. The summed E-state index contributed by atoms with van der Waals surface area (Å²) in [5.41, 5.74) is -0.458. The van der Waals surface area contributed by atoms with Crippen molar-refractivity contribution in [2.45, 2.75) is 77.9 Å². The lowest BCUT2D eigenvalue weighted by Gasteiger charge is -2.23. The van der Waals surface area contributed by atoms with Gasteiger partial charge in [-0.25, -0.2) is 0 Å². The number of methoxy groups -OCH3 is 1. The van der Waals surface area contributed by atoms with Gasteiger partial charge in [-0.2, -0.15) is 0 Å². The summed E-state index contributed by atoms with van der Waals surface area (Å²) in [6, 6.07) is -0.677. The number of nitrogens with one attached hydrogen (secondary N) is 4. The summed E-state index contributed by atoms with van der Waals surface area (Å²) >= 11 is 0. The van der Waals surface area contributed by atoms with Crippen molar-refractivity contribution in [3.63, 3.8) is 0 Å². The van der Waals surface area contributed by atoms with E-state index in [2.05, 4.69) is 27.8 Å². The normalized spacial score (nSPS) is 11.7. The highest BCUT2D eigenvalue weighted by molar-refractivity contribution is 5.91. The first-order valence-electron chi connectivity index (χ1n) is 13.9. The molecule has 1 unspecified atom stereocenters. The van der Waals surface area contributed by atoms with Crippen LogP contribution in [0.1, 0.15) is 66.2 Å². The number of hydrogen-bond donors (Lipinski definition) is 4. The molecule has 236 valence electrons. The summed E-state index contributed by atoms with van der Waals surface area (Å²) in [4.78, 5) is 60.0. The molecule has 0 rings (SSSR count). The van der Waals surface area contributed by atoms with E-state index in [1.165, 1.54) is 6.92 Å². The van der Waals surface area contributed by atoms with Crippen molar-refractivity contribution in [2.75, 3.05) is 59.8 Å². The molecule has 0 aliphatic rings. The van der Waals surface area contributed by atoms with Crippen LogP contribution in [0.15, 0.2) is 12.5 Å². The number of hydrogen-bond acceptors (Lipinski definition) is 10. The Morgan fingerprint density at radius 1 is 0.732 bits per heavy atom. The standard InChI is InChI=1S/C28H50N4O9/c1-21(33)24(11-9-7-8-10-23(34)12-13-39-16-17-40-15-14-38-6)32-27(37)20-31-26(36)19-30-25(35)18-29-22(2)41-28(3,4)5/h24,29H,2,7-20H2,1,3-6H3,(H,30,35)(H,31,36)(H,32,37). The average molecular weight is 587 g/mol. The summed E-state index contributed by atoms with van der Waals surface area (Å²) in [5.74, 6) is -1.36. The van der Waals surface area contributed by atoms with Crippen molar-refractivity contribution in [1.82, 2.24) is 21.3 Å². The largest absolute Gasteiger partial charge is 0.474 e. The zero-order valence-electron chi connectivity index (χ0n) is 25.4. The predicted octanol–water partition coefficient (Wildman–Crippen LogP) is 0.758. The van der Waals surface area contributed by atoms with Gasteiger partial charge < -0.3 is 40.2 Å². The highest BCUT2D eigenvalue weighted by Gasteiger charge is 2.17. The van der Waals surface area contributed by atoms with Crippen LogP contribution in [0.3, 0.4) is 0 Å². The van der Waals surface area contributed by atoms with E-state index in [1.807, 2.05) is 20.8 Å². The van der Waals surface area contributed by atoms with Gasteiger partial charge in [-0.3, -0.25) is 24.0 Å². The van der Waals surface area contributed by atoms with Gasteiger partial charge in [0.2, 0.25) is 17.7 Å². The van der Waals surface area contributed by atoms with Crippen molar-refractivity contribution in [3.8, 4) is 0 Å². The molecule has 0 spiro atoms. The molecule has 0 saturated carbocycles. The van der Waals surface area contributed by atoms with Crippen LogP contribution in [0.2, 0.25) is 0 Å². The lowest BCUT2D eigenvalue weighted by Crippen LogP contribution is -2.47. The minimum atomic E-state index is -0.677. The minimum Gasteiger partial charge on any atom is -0.474 e. The van der Waals surface area contributed by atoms with E-state index in [0.29, 0.717) is 65.1 Å².